The van der Waals surface area contributed by atoms with Gasteiger partial charge in [-0.25, -0.2) is 9.59 Å². The lowest BCUT2D eigenvalue weighted by Crippen LogP contribution is -2.33. The number of carbonyl (C=O) groups excluding carboxylic acids is 2. The Morgan fingerprint density at radius 2 is 1.12 bits per heavy atom. The van der Waals surface area contributed by atoms with Crippen LogP contribution in [0.15, 0.2) is 78.9 Å². The first-order valence-corrected chi connectivity index (χ1v) is 19.2. The van der Waals surface area contributed by atoms with Crippen LogP contribution in [0, 0.1) is 0 Å². The average molecular weight is 707 g/mol. The highest BCUT2D eigenvalue weighted by atomic mass is 19.4. The second kappa shape index (κ2) is 23.6. The van der Waals surface area contributed by atoms with Crippen LogP contribution in [0.5, 0.6) is 5.75 Å². The number of ether oxygens (including phenoxy) is 2. The Hall–Kier alpha value is -3.87. The first kappa shape index (κ1) is 41.5. The number of hydrogen-bond donors (Lipinski definition) is 0. The number of aryl methyl sites for hydroxylation is 1. The first-order valence-electron chi connectivity index (χ1n) is 19.2. The fourth-order valence-corrected chi connectivity index (χ4v) is 6.04. The summed E-state index contributed by atoms with van der Waals surface area (Å²) in [6, 6.07) is 22.2. The maximum atomic E-state index is 13.3. The van der Waals surface area contributed by atoms with E-state index in [1.807, 2.05) is 19.1 Å². The largest absolute Gasteiger partial charge is 0.450 e. The molecule has 3 aromatic carbocycles. The van der Waals surface area contributed by atoms with Crippen LogP contribution < -0.4 is 4.74 Å². The molecule has 0 spiro atoms. The Labute approximate surface area is 303 Å². The van der Waals surface area contributed by atoms with Crippen molar-refractivity contribution in [1.82, 2.24) is 0 Å². The Bertz CT molecular complexity index is 1430. The van der Waals surface area contributed by atoms with Gasteiger partial charge >= 0.3 is 18.1 Å². The van der Waals surface area contributed by atoms with Crippen molar-refractivity contribution in [3.8, 4) is 16.9 Å². The van der Waals surface area contributed by atoms with Gasteiger partial charge in [0.1, 0.15) is 5.75 Å². The van der Waals surface area contributed by atoms with Crippen molar-refractivity contribution in [1.29, 1.82) is 0 Å². The third kappa shape index (κ3) is 16.8. The molecule has 0 heterocycles. The van der Waals surface area contributed by atoms with E-state index in [9.17, 15) is 22.8 Å². The molecule has 0 aliphatic heterocycles. The van der Waals surface area contributed by atoms with Gasteiger partial charge in [-0.3, -0.25) is 0 Å². The van der Waals surface area contributed by atoms with E-state index in [1.165, 1.54) is 88.7 Å². The molecule has 1 atom stereocenters. The molecule has 278 valence electrons. The summed E-state index contributed by atoms with van der Waals surface area (Å²) in [5, 5.41) is 0. The van der Waals surface area contributed by atoms with Crippen molar-refractivity contribution in [2.45, 2.75) is 142 Å². The number of esters is 2. The Morgan fingerprint density at radius 3 is 1.65 bits per heavy atom. The van der Waals surface area contributed by atoms with Crippen molar-refractivity contribution < 1.29 is 32.2 Å². The molecule has 7 heteroatoms. The average Bonchev–Trinajstić information content (AvgIpc) is 3.13. The minimum absolute atomic E-state index is 0.251. The van der Waals surface area contributed by atoms with Crippen LogP contribution in [0.4, 0.5) is 13.2 Å². The maximum Gasteiger partial charge on any atom is 0.425 e. The maximum absolute atomic E-state index is 13.3. The summed E-state index contributed by atoms with van der Waals surface area (Å²) in [4.78, 5) is 24.9. The van der Waals surface area contributed by atoms with Crippen LogP contribution in [-0.4, -0.2) is 24.2 Å². The molecule has 3 aromatic rings. The number of hydrogen-bond acceptors (Lipinski definition) is 4. The molecule has 0 amide bonds. The van der Waals surface area contributed by atoms with Crippen LogP contribution in [-0.2, 0) is 16.0 Å². The highest BCUT2D eigenvalue weighted by Crippen LogP contribution is 2.28. The molecule has 0 aliphatic rings. The van der Waals surface area contributed by atoms with Gasteiger partial charge in [0.15, 0.2) is 6.10 Å². The van der Waals surface area contributed by atoms with Gasteiger partial charge in [-0.05, 0) is 78.3 Å². The summed E-state index contributed by atoms with van der Waals surface area (Å²) >= 11 is 0. The minimum atomic E-state index is -4.61. The summed E-state index contributed by atoms with van der Waals surface area (Å²) in [7, 11) is 0. The van der Waals surface area contributed by atoms with E-state index in [2.05, 4.69) is 31.2 Å². The van der Waals surface area contributed by atoms with Gasteiger partial charge in [0, 0.05) is 6.08 Å². The smallest absolute Gasteiger partial charge is 0.425 e. The molecular formula is C44H57F3O4. The third-order valence-electron chi connectivity index (χ3n) is 9.17. The van der Waals surface area contributed by atoms with Crippen molar-refractivity contribution in [3.05, 3.63) is 95.6 Å². The highest BCUT2D eigenvalue weighted by Gasteiger charge is 2.42. The van der Waals surface area contributed by atoms with Gasteiger partial charge in [0.05, 0.1) is 5.56 Å². The fraction of sp³-hybridized carbons (Fsp3) is 0.500. The van der Waals surface area contributed by atoms with Gasteiger partial charge in [-0.15, -0.1) is 0 Å². The van der Waals surface area contributed by atoms with Crippen LogP contribution in [0.3, 0.4) is 0 Å². The summed E-state index contributed by atoms with van der Waals surface area (Å²) in [5.74, 6) is -1.27. The van der Waals surface area contributed by atoms with Crippen molar-refractivity contribution in [2.24, 2.45) is 0 Å². The monoisotopic (exact) mass is 706 g/mol. The van der Waals surface area contributed by atoms with E-state index in [-0.39, 0.29) is 6.42 Å². The Morgan fingerprint density at radius 1 is 0.627 bits per heavy atom. The van der Waals surface area contributed by atoms with Crippen LogP contribution in [0.1, 0.15) is 144 Å². The normalized spacial score (nSPS) is 12.3. The van der Waals surface area contributed by atoms with Gasteiger partial charge in [-0.2, -0.15) is 13.2 Å². The SMILES string of the molecule is CCCCCCCCCCCCCCc1ccc(-c2ccc(C(=O)Oc3ccc(C=CC(=O)O[C@@H](CCCCCC)C(F)(F)F)cc3)cc2)cc1. The van der Waals surface area contributed by atoms with E-state index in [0.717, 1.165) is 36.5 Å². The van der Waals surface area contributed by atoms with E-state index in [0.29, 0.717) is 29.7 Å². The molecule has 0 fully saturated rings. The number of halogens is 3. The Balaban J connectivity index is 1.38. The number of carbonyl (C=O) groups is 2. The summed E-state index contributed by atoms with van der Waals surface area (Å²) < 4.78 is 50.1. The summed E-state index contributed by atoms with van der Waals surface area (Å²) in [6.07, 6.45) is 15.4. The summed E-state index contributed by atoms with van der Waals surface area (Å²) in [5.41, 5.74) is 4.39. The third-order valence-corrected chi connectivity index (χ3v) is 9.17. The molecule has 0 saturated heterocycles. The molecule has 0 aromatic heterocycles. The minimum Gasteiger partial charge on any atom is -0.450 e. The van der Waals surface area contributed by atoms with Crippen molar-refractivity contribution in [2.75, 3.05) is 0 Å². The zero-order chi connectivity index (χ0) is 36.7. The van der Waals surface area contributed by atoms with Crippen LogP contribution >= 0.6 is 0 Å². The second-order valence-corrected chi connectivity index (χ2v) is 13.5. The second-order valence-electron chi connectivity index (χ2n) is 13.5. The number of benzene rings is 3. The molecule has 0 aliphatic carbocycles. The standard InChI is InChI=1S/C44H57F3O4/c1-3-5-7-9-10-11-12-13-14-15-16-17-19-35-21-26-37(27-22-35)38-28-30-39(31-29-38)43(49)50-40-32-23-36(24-33-40)25-34-42(48)51-41(44(45,46)47)20-18-8-6-4-2/h21-34,41H,3-20H2,1-2H3/t41-/m0/s1. The van der Waals surface area contributed by atoms with Gasteiger partial charge in [-0.1, -0.05) is 152 Å². The van der Waals surface area contributed by atoms with Gasteiger partial charge in [0.2, 0.25) is 0 Å². The zero-order valence-electron chi connectivity index (χ0n) is 30.7. The van der Waals surface area contributed by atoms with Gasteiger partial charge in [0.25, 0.3) is 0 Å². The highest BCUT2D eigenvalue weighted by molar-refractivity contribution is 5.91. The quantitative estimate of drug-likeness (QED) is 0.0403. The molecule has 0 N–H and O–H groups in total. The zero-order valence-corrected chi connectivity index (χ0v) is 30.7. The number of unbranched alkanes of at least 4 members (excludes halogenated alkanes) is 14. The molecule has 0 saturated carbocycles. The lowest BCUT2D eigenvalue weighted by atomic mass is 10.00. The number of alkyl halides is 3. The molecule has 0 unspecified atom stereocenters. The summed E-state index contributed by atoms with van der Waals surface area (Å²) in [6.45, 7) is 4.24. The molecule has 0 radical (unpaired) electrons. The molecule has 4 nitrogen and oxygen atoms in total. The Kier molecular flexibility index (Phi) is 19.2. The van der Waals surface area contributed by atoms with E-state index < -0.39 is 24.2 Å². The lowest BCUT2D eigenvalue weighted by molar-refractivity contribution is -0.220. The van der Waals surface area contributed by atoms with E-state index in [4.69, 9.17) is 9.47 Å². The predicted octanol–water partition coefficient (Wildman–Crippen LogP) is 13.3. The van der Waals surface area contributed by atoms with E-state index >= 15 is 0 Å². The van der Waals surface area contributed by atoms with Crippen molar-refractivity contribution in [3.63, 3.8) is 0 Å². The van der Waals surface area contributed by atoms with Crippen LogP contribution in [0.25, 0.3) is 17.2 Å². The number of rotatable bonds is 24. The van der Waals surface area contributed by atoms with E-state index in [1.54, 1.807) is 36.4 Å². The molecule has 0 bridgehead atoms. The molecule has 51 heavy (non-hydrogen) atoms. The van der Waals surface area contributed by atoms with Gasteiger partial charge < -0.3 is 9.47 Å². The van der Waals surface area contributed by atoms with Crippen molar-refractivity contribution >= 4 is 18.0 Å². The van der Waals surface area contributed by atoms with Crippen LogP contribution in [0.2, 0.25) is 0 Å². The molecular weight excluding hydrogens is 649 g/mol. The predicted molar refractivity (Wildman–Crippen MR) is 202 cm³/mol. The topological polar surface area (TPSA) is 52.6 Å². The molecule has 3 rings (SSSR count). The fourth-order valence-electron chi connectivity index (χ4n) is 6.04. The lowest BCUT2D eigenvalue weighted by Gasteiger charge is -2.19. The first-order chi connectivity index (χ1) is 24.7.